The van der Waals surface area contributed by atoms with Gasteiger partial charge in [0.2, 0.25) is 5.56 Å². The molecule has 0 bridgehead atoms. The summed E-state index contributed by atoms with van der Waals surface area (Å²) in [5.41, 5.74) is 2.42. The Morgan fingerprint density at radius 2 is 2.00 bits per heavy atom. The van der Waals surface area contributed by atoms with E-state index in [0.717, 1.165) is 18.4 Å². The summed E-state index contributed by atoms with van der Waals surface area (Å²) in [6.45, 7) is 2.63. The smallest absolute Gasteiger partial charge is 0.270 e. The number of rotatable bonds is 4. The minimum absolute atomic E-state index is 0.100. The van der Waals surface area contributed by atoms with E-state index >= 15 is 0 Å². The third-order valence-corrected chi connectivity index (χ3v) is 3.68. The van der Waals surface area contributed by atoms with Gasteiger partial charge in [0.05, 0.1) is 0 Å². The number of aromatic amines is 1. The molecule has 108 valence electrons. The average Bonchev–Trinajstić information content (AvgIpc) is 3.29. The average molecular weight is 282 g/mol. The molecule has 0 spiro atoms. The first-order valence-electron chi connectivity index (χ1n) is 7.19. The Bertz CT molecular complexity index is 716. The lowest BCUT2D eigenvalue weighted by molar-refractivity contribution is 0.0723. The number of nitrogens with one attached hydrogen (secondary N) is 1. The zero-order valence-corrected chi connectivity index (χ0v) is 12.0. The van der Waals surface area contributed by atoms with Gasteiger partial charge in [-0.3, -0.25) is 9.59 Å². The fraction of sp³-hybridized carbons (Fsp3) is 0.294. The van der Waals surface area contributed by atoms with Crippen LogP contribution in [0, 0.1) is 6.92 Å². The van der Waals surface area contributed by atoms with E-state index in [1.165, 1.54) is 11.6 Å². The maximum absolute atomic E-state index is 12.6. The summed E-state index contributed by atoms with van der Waals surface area (Å²) < 4.78 is 0. The van der Waals surface area contributed by atoms with E-state index in [4.69, 9.17) is 0 Å². The van der Waals surface area contributed by atoms with Gasteiger partial charge < -0.3 is 9.88 Å². The predicted octanol–water partition coefficient (Wildman–Crippen LogP) is 2.49. The van der Waals surface area contributed by atoms with Crippen molar-refractivity contribution in [1.29, 1.82) is 0 Å². The SMILES string of the molecule is Cc1cccc(CN(C(=O)c2cccc(=O)[nH]2)C2CC2)c1. The molecule has 0 radical (unpaired) electrons. The maximum Gasteiger partial charge on any atom is 0.270 e. The molecular weight excluding hydrogens is 264 g/mol. The Labute approximate surface area is 123 Å². The van der Waals surface area contributed by atoms with E-state index < -0.39 is 0 Å². The van der Waals surface area contributed by atoms with Crippen LogP contribution in [0.2, 0.25) is 0 Å². The van der Waals surface area contributed by atoms with Crippen LogP contribution in [-0.2, 0) is 6.54 Å². The Kier molecular flexibility index (Phi) is 3.60. The van der Waals surface area contributed by atoms with Gasteiger partial charge in [-0.2, -0.15) is 0 Å². The molecule has 1 heterocycles. The highest BCUT2D eigenvalue weighted by Crippen LogP contribution is 2.29. The molecule has 0 atom stereocenters. The van der Waals surface area contributed by atoms with Crippen LogP contribution in [0.3, 0.4) is 0 Å². The molecule has 1 fully saturated rings. The zero-order chi connectivity index (χ0) is 14.8. The summed E-state index contributed by atoms with van der Waals surface area (Å²) in [5, 5.41) is 0. The number of H-pyrrole nitrogens is 1. The van der Waals surface area contributed by atoms with Crippen molar-refractivity contribution in [3.8, 4) is 0 Å². The summed E-state index contributed by atoms with van der Waals surface area (Å²) >= 11 is 0. The summed E-state index contributed by atoms with van der Waals surface area (Å²) in [5.74, 6) is -0.100. The van der Waals surface area contributed by atoms with Crippen molar-refractivity contribution in [3.63, 3.8) is 0 Å². The van der Waals surface area contributed by atoms with Crippen LogP contribution in [0.15, 0.2) is 47.3 Å². The molecule has 1 amide bonds. The largest absolute Gasteiger partial charge is 0.330 e. The molecule has 1 aliphatic carbocycles. The highest BCUT2D eigenvalue weighted by Gasteiger charge is 2.33. The predicted molar refractivity (Wildman–Crippen MR) is 81.1 cm³/mol. The maximum atomic E-state index is 12.6. The summed E-state index contributed by atoms with van der Waals surface area (Å²) in [7, 11) is 0. The van der Waals surface area contributed by atoms with Crippen LogP contribution < -0.4 is 5.56 Å². The molecule has 4 nitrogen and oxygen atoms in total. The molecule has 21 heavy (non-hydrogen) atoms. The highest BCUT2D eigenvalue weighted by atomic mass is 16.2. The number of aryl methyl sites for hydroxylation is 1. The number of hydrogen-bond acceptors (Lipinski definition) is 2. The molecule has 1 aromatic heterocycles. The summed E-state index contributed by atoms with van der Waals surface area (Å²) in [6, 6.07) is 13.2. The van der Waals surface area contributed by atoms with Crippen molar-refractivity contribution in [1.82, 2.24) is 9.88 Å². The van der Waals surface area contributed by atoms with Gasteiger partial charge >= 0.3 is 0 Å². The van der Waals surface area contributed by atoms with Crippen LogP contribution in [0.5, 0.6) is 0 Å². The van der Waals surface area contributed by atoms with Gasteiger partial charge in [0.25, 0.3) is 5.91 Å². The van der Waals surface area contributed by atoms with Crippen molar-refractivity contribution >= 4 is 5.91 Å². The van der Waals surface area contributed by atoms with Crippen molar-refractivity contribution in [3.05, 3.63) is 69.6 Å². The Hall–Kier alpha value is -2.36. The Morgan fingerprint density at radius 3 is 2.67 bits per heavy atom. The second kappa shape index (κ2) is 5.56. The van der Waals surface area contributed by atoms with Crippen molar-refractivity contribution in [2.24, 2.45) is 0 Å². The molecule has 2 aromatic rings. The molecule has 1 N–H and O–H groups in total. The van der Waals surface area contributed by atoms with Gasteiger partial charge in [-0.25, -0.2) is 0 Å². The van der Waals surface area contributed by atoms with Gasteiger partial charge in [-0.05, 0) is 31.4 Å². The number of amides is 1. The number of pyridine rings is 1. The number of carbonyl (C=O) groups is 1. The molecule has 4 heteroatoms. The number of nitrogens with zero attached hydrogens (tertiary/aromatic N) is 1. The van der Waals surface area contributed by atoms with Gasteiger partial charge in [0.15, 0.2) is 0 Å². The lowest BCUT2D eigenvalue weighted by Crippen LogP contribution is -2.34. The molecule has 0 saturated heterocycles. The summed E-state index contributed by atoms with van der Waals surface area (Å²) in [6.07, 6.45) is 2.07. The van der Waals surface area contributed by atoms with Crippen LogP contribution in [0.25, 0.3) is 0 Å². The first kappa shape index (κ1) is 13.6. The van der Waals surface area contributed by atoms with Crippen LogP contribution in [-0.4, -0.2) is 21.8 Å². The molecule has 0 unspecified atom stereocenters. The minimum Gasteiger partial charge on any atom is -0.330 e. The monoisotopic (exact) mass is 282 g/mol. The molecule has 3 rings (SSSR count). The minimum atomic E-state index is -0.243. The summed E-state index contributed by atoms with van der Waals surface area (Å²) in [4.78, 5) is 28.5. The van der Waals surface area contributed by atoms with E-state index in [-0.39, 0.29) is 11.5 Å². The molecule has 1 aromatic carbocycles. The number of aromatic nitrogens is 1. The molecule has 0 aliphatic heterocycles. The van der Waals surface area contributed by atoms with Crippen LogP contribution >= 0.6 is 0 Å². The normalized spacial score (nSPS) is 14.0. The Balaban J connectivity index is 1.85. The quantitative estimate of drug-likeness (QED) is 0.936. The second-order valence-electron chi connectivity index (χ2n) is 5.58. The number of benzene rings is 1. The first-order valence-corrected chi connectivity index (χ1v) is 7.19. The van der Waals surface area contributed by atoms with Gasteiger partial charge in [-0.1, -0.05) is 35.9 Å². The Morgan fingerprint density at radius 1 is 1.24 bits per heavy atom. The van der Waals surface area contributed by atoms with E-state index in [1.54, 1.807) is 12.1 Å². The highest BCUT2D eigenvalue weighted by molar-refractivity contribution is 5.92. The molecule has 1 aliphatic rings. The first-order chi connectivity index (χ1) is 10.1. The lowest BCUT2D eigenvalue weighted by Gasteiger charge is -2.22. The third kappa shape index (κ3) is 3.21. The fourth-order valence-corrected chi connectivity index (χ4v) is 2.49. The standard InChI is InChI=1S/C17H18N2O2/c1-12-4-2-5-13(10-12)11-19(14-8-9-14)17(21)15-6-3-7-16(20)18-15/h2-7,10,14H,8-9,11H2,1H3,(H,18,20). The van der Waals surface area contributed by atoms with E-state index in [1.807, 2.05) is 30.0 Å². The van der Waals surface area contributed by atoms with Gasteiger partial charge in [0.1, 0.15) is 5.69 Å². The number of carbonyl (C=O) groups excluding carboxylic acids is 1. The topological polar surface area (TPSA) is 53.2 Å². The zero-order valence-electron chi connectivity index (χ0n) is 12.0. The van der Waals surface area contributed by atoms with E-state index in [0.29, 0.717) is 18.3 Å². The van der Waals surface area contributed by atoms with E-state index in [9.17, 15) is 9.59 Å². The fourth-order valence-electron chi connectivity index (χ4n) is 2.49. The van der Waals surface area contributed by atoms with E-state index in [2.05, 4.69) is 11.1 Å². The van der Waals surface area contributed by atoms with Gasteiger partial charge in [-0.15, -0.1) is 0 Å². The number of hydrogen-bond donors (Lipinski definition) is 1. The molecule has 1 saturated carbocycles. The molecular formula is C17H18N2O2. The second-order valence-corrected chi connectivity index (χ2v) is 5.58. The van der Waals surface area contributed by atoms with Crippen molar-refractivity contribution in [2.75, 3.05) is 0 Å². The van der Waals surface area contributed by atoms with Gasteiger partial charge in [0, 0.05) is 18.7 Å². The lowest BCUT2D eigenvalue weighted by atomic mass is 10.1. The van der Waals surface area contributed by atoms with Crippen molar-refractivity contribution < 1.29 is 4.79 Å². The van der Waals surface area contributed by atoms with Crippen molar-refractivity contribution in [2.45, 2.75) is 32.4 Å². The third-order valence-electron chi connectivity index (χ3n) is 3.68. The van der Waals surface area contributed by atoms with Crippen LogP contribution in [0.1, 0.15) is 34.5 Å². The van der Waals surface area contributed by atoms with Crippen LogP contribution in [0.4, 0.5) is 0 Å².